The van der Waals surface area contributed by atoms with Gasteiger partial charge in [-0.15, -0.1) is 0 Å². The number of nitrogens with one attached hydrogen (secondary N) is 1. The molecule has 0 aromatic carbocycles. The summed E-state index contributed by atoms with van der Waals surface area (Å²) in [6.07, 6.45) is 6.35. The van der Waals surface area contributed by atoms with E-state index in [1.165, 1.54) is 11.3 Å². The number of hydrogen-bond acceptors (Lipinski definition) is 4. The highest BCUT2D eigenvalue weighted by Crippen LogP contribution is 2.35. The van der Waals surface area contributed by atoms with Crippen LogP contribution in [0.25, 0.3) is 0 Å². The maximum Gasteiger partial charge on any atom is 0.410 e. The predicted molar refractivity (Wildman–Crippen MR) is 91.6 cm³/mol. The van der Waals surface area contributed by atoms with Gasteiger partial charge in [0, 0.05) is 18.5 Å². The minimum atomic E-state index is -0.566. The van der Waals surface area contributed by atoms with Gasteiger partial charge in [0.05, 0.1) is 6.61 Å². The summed E-state index contributed by atoms with van der Waals surface area (Å²) in [6.45, 7) is 6.62. The van der Waals surface area contributed by atoms with Crippen molar-refractivity contribution in [3.63, 3.8) is 0 Å². The highest BCUT2D eigenvalue weighted by molar-refractivity contribution is 5.86. The fraction of sp³-hybridized carbons (Fsp3) is 0.889. The van der Waals surface area contributed by atoms with E-state index >= 15 is 0 Å². The van der Waals surface area contributed by atoms with Crippen molar-refractivity contribution in [2.75, 3.05) is 19.7 Å². The quantitative estimate of drug-likeness (QED) is 0.824. The standard InChI is InChI=1S/C18H32N2O4/c1-17(2,3)24-16(23)20-11-7-8-14(20)15(22)19-12-18(13-21)9-5-4-6-10-18/h14,21H,4-13H2,1-3H3,(H,19,22). The lowest BCUT2D eigenvalue weighted by atomic mass is 9.74. The first-order valence-electron chi connectivity index (χ1n) is 9.15. The minimum Gasteiger partial charge on any atom is -0.444 e. The molecular formula is C18H32N2O4. The van der Waals surface area contributed by atoms with Crippen LogP contribution in [0.5, 0.6) is 0 Å². The van der Waals surface area contributed by atoms with Crippen molar-refractivity contribution in [1.82, 2.24) is 10.2 Å². The maximum atomic E-state index is 12.6. The molecule has 0 radical (unpaired) electrons. The van der Waals surface area contributed by atoms with Crippen molar-refractivity contribution < 1.29 is 19.4 Å². The second-order valence-electron chi connectivity index (χ2n) is 8.27. The molecule has 0 bridgehead atoms. The third-order valence-corrected chi connectivity index (χ3v) is 5.07. The lowest BCUT2D eigenvalue weighted by molar-refractivity contribution is -0.126. The van der Waals surface area contributed by atoms with Gasteiger partial charge in [0.2, 0.25) is 5.91 Å². The van der Waals surface area contributed by atoms with Gasteiger partial charge < -0.3 is 15.2 Å². The van der Waals surface area contributed by atoms with Crippen LogP contribution in [-0.2, 0) is 9.53 Å². The Bertz CT molecular complexity index is 452. The Morgan fingerprint density at radius 1 is 1.21 bits per heavy atom. The van der Waals surface area contributed by atoms with Gasteiger partial charge in [0.1, 0.15) is 11.6 Å². The maximum absolute atomic E-state index is 12.6. The first-order valence-corrected chi connectivity index (χ1v) is 9.15. The molecule has 2 N–H and O–H groups in total. The molecular weight excluding hydrogens is 308 g/mol. The third kappa shape index (κ3) is 4.85. The first-order chi connectivity index (χ1) is 11.3. The molecule has 6 heteroatoms. The summed E-state index contributed by atoms with van der Waals surface area (Å²) in [4.78, 5) is 26.4. The van der Waals surface area contributed by atoms with E-state index in [1.54, 1.807) is 0 Å². The summed E-state index contributed by atoms with van der Waals surface area (Å²) < 4.78 is 5.40. The van der Waals surface area contributed by atoms with Gasteiger partial charge in [-0.3, -0.25) is 9.69 Å². The van der Waals surface area contributed by atoms with Crippen LogP contribution >= 0.6 is 0 Å². The Kier molecular flexibility index (Phi) is 6.12. The largest absolute Gasteiger partial charge is 0.444 e. The summed E-state index contributed by atoms with van der Waals surface area (Å²) >= 11 is 0. The van der Waals surface area contributed by atoms with Crippen LogP contribution in [0.3, 0.4) is 0 Å². The predicted octanol–water partition coefficient (Wildman–Crippen LogP) is 2.44. The van der Waals surface area contributed by atoms with Crippen LogP contribution < -0.4 is 5.32 Å². The van der Waals surface area contributed by atoms with Crippen molar-refractivity contribution in [3.05, 3.63) is 0 Å². The summed E-state index contributed by atoms with van der Waals surface area (Å²) in [7, 11) is 0. The number of rotatable bonds is 4. The van der Waals surface area contributed by atoms with Crippen molar-refractivity contribution in [1.29, 1.82) is 0 Å². The molecule has 1 atom stereocenters. The molecule has 2 aliphatic rings. The minimum absolute atomic E-state index is 0.105. The molecule has 1 unspecified atom stereocenters. The van der Waals surface area contributed by atoms with Crippen LogP contribution in [0.1, 0.15) is 65.7 Å². The molecule has 1 saturated heterocycles. The Balaban J connectivity index is 1.92. The first kappa shape index (κ1) is 19.0. The number of hydrogen-bond donors (Lipinski definition) is 2. The molecule has 2 rings (SSSR count). The fourth-order valence-corrected chi connectivity index (χ4v) is 3.66. The number of ether oxygens (including phenoxy) is 1. The highest BCUT2D eigenvalue weighted by Gasteiger charge is 2.38. The van der Waals surface area contributed by atoms with Gasteiger partial charge in [-0.25, -0.2) is 4.79 Å². The second kappa shape index (κ2) is 7.72. The number of aliphatic hydroxyl groups excluding tert-OH is 1. The summed E-state index contributed by atoms with van der Waals surface area (Å²) in [5.41, 5.74) is -0.757. The third-order valence-electron chi connectivity index (χ3n) is 5.07. The van der Waals surface area contributed by atoms with E-state index < -0.39 is 17.7 Å². The summed E-state index contributed by atoms with van der Waals surface area (Å²) in [5, 5.41) is 12.7. The fourth-order valence-electron chi connectivity index (χ4n) is 3.66. The number of likely N-dealkylation sites (tertiary alicyclic amines) is 1. The van der Waals surface area contributed by atoms with E-state index in [2.05, 4.69) is 5.32 Å². The molecule has 0 spiro atoms. The van der Waals surface area contributed by atoms with Crippen LogP contribution in [0, 0.1) is 5.41 Å². The van der Waals surface area contributed by atoms with Crippen LogP contribution in [0.4, 0.5) is 4.79 Å². The molecule has 0 aromatic rings. The SMILES string of the molecule is CC(C)(C)OC(=O)N1CCCC1C(=O)NCC1(CO)CCCCC1. The number of nitrogens with zero attached hydrogens (tertiary/aromatic N) is 1. The van der Waals surface area contributed by atoms with E-state index in [-0.39, 0.29) is 17.9 Å². The van der Waals surface area contributed by atoms with E-state index in [4.69, 9.17) is 4.74 Å². The number of amides is 2. The molecule has 1 aliphatic heterocycles. The van der Waals surface area contributed by atoms with E-state index in [0.29, 0.717) is 19.5 Å². The van der Waals surface area contributed by atoms with Gasteiger partial charge in [-0.05, 0) is 46.5 Å². The van der Waals surface area contributed by atoms with E-state index in [1.807, 2.05) is 20.8 Å². The molecule has 2 fully saturated rings. The Morgan fingerprint density at radius 3 is 2.46 bits per heavy atom. The molecule has 24 heavy (non-hydrogen) atoms. The van der Waals surface area contributed by atoms with Gasteiger partial charge in [-0.2, -0.15) is 0 Å². The smallest absolute Gasteiger partial charge is 0.410 e. The molecule has 2 amide bonds. The Morgan fingerprint density at radius 2 is 1.88 bits per heavy atom. The van der Waals surface area contributed by atoms with Gasteiger partial charge in [-0.1, -0.05) is 19.3 Å². The molecule has 138 valence electrons. The summed E-state index contributed by atoms with van der Waals surface area (Å²) in [5.74, 6) is -0.128. The molecule has 1 saturated carbocycles. The van der Waals surface area contributed by atoms with Gasteiger partial charge in [0.15, 0.2) is 0 Å². The highest BCUT2D eigenvalue weighted by atomic mass is 16.6. The van der Waals surface area contributed by atoms with Crippen molar-refractivity contribution in [2.24, 2.45) is 5.41 Å². The zero-order chi connectivity index (χ0) is 17.8. The average molecular weight is 340 g/mol. The number of carbonyl (C=O) groups is 2. The van der Waals surface area contributed by atoms with Crippen molar-refractivity contribution in [3.8, 4) is 0 Å². The number of carbonyl (C=O) groups excluding carboxylic acids is 2. The lowest BCUT2D eigenvalue weighted by Crippen LogP contribution is -2.50. The van der Waals surface area contributed by atoms with Crippen molar-refractivity contribution in [2.45, 2.75) is 77.4 Å². The van der Waals surface area contributed by atoms with Crippen LogP contribution in [0.2, 0.25) is 0 Å². The zero-order valence-electron chi connectivity index (χ0n) is 15.3. The van der Waals surface area contributed by atoms with Crippen LogP contribution in [-0.4, -0.2) is 53.3 Å². The number of aliphatic hydroxyl groups is 1. The summed E-state index contributed by atoms with van der Waals surface area (Å²) in [6, 6.07) is -0.459. The van der Waals surface area contributed by atoms with Crippen LogP contribution in [0.15, 0.2) is 0 Å². The van der Waals surface area contributed by atoms with E-state index in [0.717, 1.165) is 32.1 Å². The van der Waals surface area contributed by atoms with Gasteiger partial charge >= 0.3 is 6.09 Å². The second-order valence-corrected chi connectivity index (χ2v) is 8.27. The van der Waals surface area contributed by atoms with Gasteiger partial charge in [0.25, 0.3) is 0 Å². The van der Waals surface area contributed by atoms with Crippen molar-refractivity contribution >= 4 is 12.0 Å². The molecule has 1 heterocycles. The molecule has 0 aromatic heterocycles. The normalized spacial score (nSPS) is 23.8. The monoisotopic (exact) mass is 340 g/mol. The zero-order valence-corrected chi connectivity index (χ0v) is 15.3. The Hall–Kier alpha value is -1.30. The lowest BCUT2D eigenvalue weighted by Gasteiger charge is -2.36. The van der Waals surface area contributed by atoms with E-state index in [9.17, 15) is 14.7 Å². The topological polar surface area (TPSA) is 78.9 Å². The average Bonchev–Trinajstić information content (AvgIpc) is 3.02. The molecule has 1 aliphatic carbocycles. The molecule has 6 nitrogen and oxygen atoms in total. The Labute approximate surface area is 144 Å².